The first-order valence-corrected chi connectivity index (χ1v) is 4.46. The van der Waals surface area contributed by atoms with Gasteiger partial charge in [0.2, 0.25) is 5.95 Å². The summed E-state index contributed by atoms with van der Waals surface area (Å²) in [5.41, 5.74) is 7.66. The number of halogens is 3. The first kappa shape index (κ1) is 11.2. The maximum Gasteiger partial charge on any atom is 0.419 e. The van der Waals surface area contributed by atoms with Crippen LogP contribution in [0.4, 0.5) is 24.8 Å². The van der Waals surface area contributed by atoms with Gasteiger partial charge < -0.3 is 11.5 Å². The van der Waals surface area contributed by atoms with Crippen LogP contribution < -0.4 is 17.0 Å². The number of hydrogen-bond donors (Lipinski definition) is 3. The number of fused-ring (bicyclic) bond motifs is 1. The quantitative estimate of drug-likeness (QED) is 0.604. The molecule has 0 saturated heterocycles. The molecular weight excluding hydrogens is 237 g/mol. The summed E-state index contributed by atoms with van der Waals surface area (Å²) in [6, 6.07) is 2.25. The number of aromatic amines is 1. The van der Waals surface area contributed by atoms with Gasteiger partial charge in [0.15, 0.2) is 0 Å². The number of rotatable bonds is 0. The predicted octanol–water partition coefficient (Wildman–Crippen LogP) is 1.11. The lowest BCUT2D eigenvalue weighted by Crippen LogP contribution is -2.18. The molecule has 0 fully saturated rings. The Morgan fingerprint density at radius 2 is 1.88 bits per heavy atom. The summed E-state index contributed by atoms with van der Waals surface area (Å²) in [7, 11) is 0. The molecule has 5 nitrogen and oxygen atoms in total. The van der Waals surface area contributed by atoms with Crippen molar-refractivity contribution in [2.45, 2.75) is 6.18 Å². The smallest absolute Gasteiger partial charge is 0.398 e. The van der Waals surface area contributed by atoms with Crippen LogP contribution in [0.15, 0.2) is 16.9 Å². The Hall–Kier alpha value is -2.25. The van der Waals surface area contributed by atoms with Crippen LogP contribution in [0.2, 0.25) is 0 Å². The fourth-order valence-corrected chi connectivity index (χ4v) is 1.57. The van der Waals surface area contributed by atoms with Crippen molar-refractivity contribution in [2.75, 3.05) is 11.5 Å². The molecule has 0 aliphatic carbocycles. The van der Waals surface area contributed by atoms with Gasteiger partial charge in [-0.2, -0.15) is 13.2 Å². The lowest BCUT2D eigenvalue weighted by molar-refractivity contribution is -0.135. The molecule has 8 heteroatoms. The van der Waals surface area contributed by atoms with Gasteiger partial charge in [0, 0.05) is 5.69 Å². The second kappa shape index (κ2) is 3.37. The second-order valence-electron chi connectivity index (χ2n) is 3.37. The summed E-state index contributed by atoms with van der Waals surface area (Å²) >= 11 is 0. The van der Waals surface area contributed by atoms with Crippen LogP contribution in [-0.4, -0.2) is 9.97 Å². The molecule has 0 bridgehead atoms. The molecule has 0 radical (unpaired) electrons. The van der Waals surface area contributed by atoms with Crippen molar-refractivity contribution in [3.63, 3.8) is 0 Å². The van der Waals surface area contributed by atoms with Gasteiger partial charge in [0.25, 0.3) is 5.56 Å². The molecule has 1 aromatic carbocycles. The number of nitrogens with zero attached hydrogens (tertiary/aromatic N) is 1. The van der Waals surface area contributed by atoms with Crippen LogP contribution in [0, 0.1) is 0 Å². The van der Waals surface area contributed by atoms with Gasteiger partial charge in [-0.25, -0.2) is 4.98 Å². The number of alkyl halides is 3. The standard InChI is InChI=1S/C9H7F3N4O/c10-9(11,12)6-3(13)1-2-4-5(6)7(17)16-8(14)15-4/h1-2H,13H2,(H3,14,15,16,17). The zero-order valence-corrected chi connectivity index (χ0v) is 8.30. The largest absolute Gasteiger partial charge is 0.419 e. The van der Waals surface area contributed by atoms with Crippen molar-refractivity contribution in [1.29, 1.82) is 0 Å². The number of hydrogen-bond acceptors (Lipinski definition) is 4. The monoisotopic (exact) mass is 244 g/mol. The zero-order valence-electron chi connectivity index (χ0n) is 8.30. The molecule has 0 aliphatic rings. The first-order valence-electron chi connectivity index (χ1n) is 4.46. The molecule has 0 atom stereocenters. The number of H-pyrrole nitrogens is 1. The highest BCUT2D eigenvalue weighted by molar-refractivity contribution is 5.87. The zero-order chi connectivity index (χ0) is 12.8. The molecule has 0 aliphatic heterocycles. The van der Waals surface area contributed by atoms with Gasteiger partial charge in [0.05, 0.1) is 16.5 Å². The maximum atomic E-state index is 12.8. The molecule has 17 heavy (non-hydrogen) atoms. The van der Waals surface area contributed by atoms with Crippen LogP contribution in [0.5, 0.6) is 0 Å². The highest BCUT2D eigenvalue weighted by Crippen LogP contribution is 2.36. The Morgan fingerprint density at radius 3 is 2.47 bits per heavy atom. The predicted molar refractivity (Wildman–Crippen MR) is 56.2 cm³/mol. The van der Waals surface area contributed by atoms with Crippen LogP contribution in [0.25, 0.3) is 10.9 Å². The number of benzene rings is 1. The molecule has 1 heterocycles. The molecule has 2 aromatic rings. The number of nitrogen functional groups attached to an aromatic ring is 2. The van der Waals surface area contributed by atoms with Crippen molar-refractivity contribution < 1.29 is 13.2 Å². The van der Waals surface area contributed by atoms with E-state index in [-0.39, 0.29) is 11.5 Å². The third-order valence-corrected chi connectivity index (χ3v) is 2.21. The van der Waals surface area contributed by atoms with Crippen molar-refractivity contribution >= 4 is 22.5 Å². The molecule has 90 valence electrons. The molecular formula is C9H7F3N4O. The van der Waals surface area contributed by atoms with Gasteiger partial charge in [0.1, 0.15) is 0 Å². The highest BCUT2D eigenvalue weighted by atomic mass is 19.4. The van der Waals surface area contributed by atoms with Crippen LogP contribution in [0.1, 0.15) is 5.56 Å². The van der Waals surface area contributed by atoms with Crippen molar-refractivity contribution in [2.24, 2.45) is 0 Å². The Morgan fingerprint density at radius 1 is 1.24 bits per heavy atom. The number of anilines is 2. The van der Waals surface area contributed by atoms with Gasteiger partial charge in [-0.3, -0.25) is 9.78 Å². The lowest BCUT2D eigenvalue weighted by atomic mass is 10.1. The van der Waals surface area contributed by atoms with E-state index in [4.69, 9.17) is 11.5 Å². The van der Waals surface area contributed by atoms with E-state index >= 15 is 0 Å². The van der Waals surface area contributed by atoms with Crippen LogP contribution >= 0.6 is 0 Å². The van der Waals surface area contributed by atoms with E-state index in [2.05, 4.69) is 4.98 Å². The van der Waals surface area contributed by atoms with Gasteiger partial charge in [-0.05, 0) is 12.1 Å². The summed E-state index contributed by atoms with van der Waals surface area (Å²) in [5, 5.41) is -0.605. The topological polar surface area (TPSA) is 97.8 Å². The van der Waals surface area contributed by atoms with E-state index in [9.17, 15) is 18.0 Å². The lowest BCUT2D eigenvalue weighted by Gasteiger charge is -2.12. The van der Waals surface area contributed by atoms with Crippen molar-refractivity contribution in [1.82, 2.24) is 9.97 Å². The molecule has 0 amide bonds. The summed E-state index contributed by atoms with van der Waals surface area (Å²) in [6.45, 7) is 0. The van der Waals surface area contributed by atoms with Gasteiger partial charge >= 0.3 is 6.18 Å². The van der Waals surface area contributed by atoms with Gasteiger partial charge in [-0.15, -0.1) is 0 Å². The Kier molecular flexibility index (Phi) is 2.23. The molecule has 0 unspecified atom stereocenters. The maximum absolute atomic E-state index is 12.8. The summed E-state index contributed by atoms with van der Waals surface area (Å²) < 4.78 is 38.3. The summed E-state index contributed by atoms with van der Waals surface area (Å²) in [5.74, 6) is -0.250. The second-order valence-corrected chi connectivity index (χ2v) is 3.37. The van der Waals surface area contributed by atoms with Crippen LogP contribution in [0.3, 0.4) is 0 Å². The number of nitrogens with one attached hydrogen (secondary N) is 1. The Balaban J connectivity index is 3.01. The third kappa shape index (κ3) is 1.77. The van der Waals surface area contributed by atoms with Gasteiger partial charge in [-0.1, -0.05) is 0 Å². The van der Waals surface area contributed by atoms with Crippen molar-refractivity contribution in [3.05, 3.63) is 28.0 Å². The molecule has 0 spiro atoms. The van der Waals surface area contributed by atoms with E-state index in [0.717, 1.165) is 6.07 Å². The normalized spacial score (nSPS) is 11.9. The average molecular weight is 244 g/mol. The minimum Gasteiger partial charge on any atom is -0.398 e. The minimum atomic E-state index is -4.73. The van der Waals surface area contributed by atoms with Crippen LogP contribution in [-0.2, 0) is 6.18 Å². The number of aromatic nitrogens is 2. The highest BCUT2D eigenvalue weighted by Gasteiger charge is 2.36. The SMILES string of the molecule is Nc1nc2ccc(N)c(C(F)(F)F)c2c(=O)[nH]1. The fraction of sp³-hybridized carbons (Fsp3) is 0.111. The Labute approximate surface area is 92.3 Å². The van der Waals surface area contributed by atoms with E-state index in [1.165, 1.54) is 6.07 Å². The van der Waals surface area contributed by atoms with E-state index in [0.29, 0.717) is 0 Å². The number of nitrogens with two attached hydrogens (primary N) is 2. The molecule has 5 N–H and O–H groups in total. The van der Waals surface area contributed by atoms with Crippen molar-refractivity contribution in [3.8, 4) is 0 Å². The summed E-state index contributed by atoms with van der Waals surface area (Å²) in [4.78, 5) is 17.1. The minimum absolute atomic E-state index is 0.146. The third-order valence-electron chi connectivity index (χ3n) is 2.21. The Bertz CT molecular complexity index is 647. The van der Waals surface area contributed by atoms with E-state index in [1.807, 2.05) is 4.98 Å². The van der Waals surface area contributed by atoms with E-state index in [1.54, 1.807) is 0 Å². The fourth-order valence-electron chi connectivity index (χ4n) is 1.57. The van der Waals surface area contributed by atoms with E-state index < -0.39 is 28.4 Å². The first-order chi connectivity index (χ1) is 7.80. The summed E-state index contributed by atoms with van der Waals surface area (Å²) in [6.07, 6.45) is -4.73. The average Bonchev–Trinajstić information content (AvgIpc) is 2.16. The molecule has 0 saturated carbocycles. The molecule has 1 aromatic heterocycles. The molecule has 2 rings (SSSR count).